The molecule has 1 aliphatic rings. The molecule has 2 aromatic rings. The van der Waals surface area contributed by atoms with Crippen molar-refractivity contribution in [2.24, 2.45) is 0 Å². The number of thiazole rings is 1. The number of amides is 1. The molecule has 2 aromatic heterocycles. The average Bonchev–Trinajstić information content (AvgIpc) is 2.96. The van der Waals surface area contributed by atoms with E-state index in [1.54, 1.807) is 11.6 Å². The number of H-pyrrole nitrogens is 1. The van der Waals surface area contributed by atoms with Crippen LogP contribution in [0.3, 0.4) is 0 Å². The summed E-state index contributed by atoms with van der Waals surface area (Å²) in [4.78, 5) is 16.0. The summed E-state index contributed by atoms with van der Waals surface area (Å²) in [5.41, 5.74) is 2.24. The highest BCUT2D eigenvalue weighted by atomic mass is 32.1. The lowest BCUT2D eigenvalue weighted by molar-refractivity contribution is 0.0985. The quantitative estimate of drug-likeness (QED) is 0.839. The van der Waals surface area contributed by atoms with Gasteiger partial charge in [-0.25, -0.2) is 4.98 Å². The first-order valence-corrected chi connectivity index (χ1v) is 6.07. The Morgan fingerprint density at radius 2 is 2.53 bits per heavy atom. The molecule has 0 radical (unpaired) electrons. The van der Waals surface area contributed by atoms with Crippen LogP contribution in [0.5, 0.6) is 0 Å². The van der Waals surface area contributed by atoms with Crippen molar-refractivity contribution >= 4 is 22.4 Å². The average molecular weight is 250 g/mol. The van der Waals surface area contributed by atoms with Crippen LogP contribution < -0.4 is 5.32 Å². The van der Waals surface area contributed by atoms with Crippen LogP contribution in [0.15, 0.2) is 11.6 Å². The highest BCUT2D eigenvalue weighted by Gasteiger charge is 2.22. The smallest absolute Gasteiger partial charge is 0.278 e. The molecule has 1 aliphatic heterocycles. The highest BCUT2D eigenvalue weighted by molar-refractivity contribution is 7.13. The number of hydrogen-bond acceptors (Lipinski definition) is 5. The number of hydrogen-bond donors (Lipinski definition) is 2. The van der Waals surface area contributed by atoms with Crippen molar-refractivity contribution in [3.8, 4) is 0 Å². The molecule has 2 N–H and O–H groups in total. The number of nitrogens with zero attached hydrogens (tertiary/aromatic N) is 2. The summed E-state index contributed by atoms with van der Waals surface area (Å²) in [5, 5.41) is 12.0. The SMILES string of the molecule is O=C(Nc1nccs1)c1n[nH]c2c1COCC2. The predicted molar refractivity (Wildman–Crippen MR) is 62.0 cm³/mol. The fourth-order valence-corrected chi connectivity index (χ4v) is 2.27. The van der Waals surface area contributed by atoms with E-state index in [9.17, 15) is 4.79 Å². The molecular weight excluding hydrogens is 240 g/mol. The molecule has 0 spiro atoms. The summed E-state index contributed by atoms with van der Waals surface area (Å²) < 4.78 is 5.33. The maximum absolute atomic E-state index is 12.0. The Balaban J connectivity index is 1.84. The third-order valence-electron chi connectivity index (χ3n) is 2.56. The molecule has 88 valence electrons. The summed E-state index contributed by atoms with van der Waals surface area (Å²) in [5.74, 6) is -0.247. The monoisotopic (exact) mass is 250 g/mol. The standard InChI is InChI=1S/C10H10N4O2S/c15-9(12-10-11-2-4-17-10)8-6-5-16-3-1-7(6)13-14-8/h2,4H,1,3,5H2,(H,13,14)(H,11,12,15). The number of aromatic amines is 1. The maximum atomic E-state index is 12.0. The van der Waals surface area contributed by atoms with Gasteiger partial charge in [0.2, 0.25) is 0 Å². The van der Waals surface area contributed by atoms with Crippen LogP contribution in [0.2, 0.25) is 0 Å². The van der Waals surface area contributed by atoms with Crippen molar-refractivity contribution in [2.45, 2.75) is 13.0 Å². The van der Waals surface area contributed by atoms with Crippen LogP contribution in [-0.4, -0.2) is 27.7 Å². The summed E-state index contributed by atoms with van der Waals surface area (Å²) in [6.45, 7) is 1.11. The first-order valence-electron chi connectivity index (χ1n) is 5.19. The lowest BCUT2D eigenvalue weighted by Crippen LogP contribution is -2.17. The summed E-state index contributed by atoms with van der Waals surface area (Å²) in [6.07, 6.45) is 2.41. The summed E-state index contributed by atoms with van der Waals surface area (Å²) >= 11 is 1.37. The van der Waals surface area contributed by atoms with Gasteiger partial charge in [0.1, 0.15) is 0 Å². The largest absolute Gasteiger partial charge is 0.376 e. The third-order valence-corrected chi connectivity index (χ3v) is 3.25. The van der Waals surface area contributed by atoms with E-state index < -0.39 is 0 Å². The third kappa shape index (κ3) is 1.94. The van der Waals surface area contributed by atoms with Crippen LogP contribution >= 0.6 is 11.3 Å². The molecule has 0 aromatic carbocycles. The second-order valence-corrected chi connectivity index (χ2v) is 4.52. The molecule has 6 nitrogen and oxygen atoms in total. The van der Waals surface area contributed by atoms with Crippen molar-refractivity contribution in [3.05, 3.63) is 28.5 Å². The molecule has 7 heteroatoms. The van der Waals surface area contributed by atoms with Crippen molar-refractivity contribution in [1.29, 1.82) is 0 Å². The Bertz CT molecular complexity index is 535. The molecule has 0 unspecified atom stereocenters. The fourth-order valence-electron chi connectivity index (χ4n) is 1.74. The van der Waals surface area contributed by atoms with Gasteiger partial charge in [-0.1, -0.05) is 0 Å². The Morgan fingerprint density at radius 3 is 3.35 bits per heavy atom. The number of ether oxygens (including phenoxy) is 1. The van der Waals surface area contributed by atoms with Gasteiger partial charge >= 0.3 is 0 Å². The molecule has 0 aliphatic carbocycles. The van der Waals surface area contributed by atoms with E-state index in [0.717, 1.165) is 17.7 Å². The second kappa shape index (κ2) is 4.27. The number of rotatable bonds is 2. The number of nitrogens with one attached hydrogen (secondary N) is 2. The molecular formula is C10H10N4O2S. The van der Waals surface area contributed by atoms with Crippen LogP contribution in [0.25, 0.3) is 0 Å². The molecule has 0 saturated carbocycles. The normalized spacial score (nSPS) is 14.4. The summed E-state index contributed by atoms with van der Waals surface area (Å²) in [7, 11) is 0. The van der Waals surface area contributed by atoms with E-state index in [1.165, 1.54) is 11.3 Å². The topological polar surface area (TPSA) is 79.9 Å². The first-order chi connectivity index (χ1) is 8.34. The fraction of sp³-hybridized carbons (Fsp3) is 0.300. The van der Waals surface area contributed by atoms with Gasteiger partial charge in [0, 0.05) is 29.3 Å². The molecule has 1 amide bonds. The molecule has 0 atom stereocenters. The Kier molecular flexibility index (Phi) is 2.62. The Morgan fingerprint density at radius 1 is 1.59 bits per heavy atom. The first kappa shape index (κ1) is 10.4. The zero-order valence-corrected chi connectivity index (χ0v) is 9.71. The van der Waals surface area contributed by atoms with Gasteiger partial charge in [0.05, 0.1) is 13.2 Å². The zero-order chi connectivity index (χ0) is 11.7. The number of carbonyl (C=O) groups is 1. The van der Waals surface area contributed by atoms with Gasteiger partial charge in [-0.2, -0.15) is 5.10 Å². The lowest BCUT2D eigenvalue weighted by atomic mass is 10.1. The van der Waals surface area contributed by atoms with E-state index in [-0.39, 0.29) is 5.91 Å². The van der Waals surface area contributed by atoms with Crippen LogP contribution in [0.4, 0.5) is 5.13 Å². The van der Waals surface area contributed by atoms with Crippen molar-refractivity contribution in [1.82, 2.24) is 15.2 Å². The molecule has 17 heavy (non-hydrogen) atoms. The van der Waals surface area contributed by atoms with Gasteiger partial charge in [0.25, 0.3) is 5.91 Å². The minimum Gasteiger partial charge on any atom is -0.376 e. The lowest BCUT2D eigenvalue weighted by Gasteiger charge is -2.11. The van der Waals surface area contributed by atoms with Gasteiger partial charge in [-0.3, -0.25) is 15.2 Å². The Labute approximate surface area is 101 Å². The van der Waals surface area contributed by atoms with E-state index in [1.807, 2.05) is 0 Å². The van der Waals surface area contributed by atoms with Crippen molar-refractivity contribution < 1.29 is 9.53 Å². The van der Waals surface area contributed by atoms with Crippen LogP contribution in [0, 0.1) is 0 Å². The predicted octanol–water partition coefficient (Wildman–Crippen LogP) is 1.19. The highest BCUT2D eigenvalue weighted by Crippen LogP contribution is 2.19. The minimum atomic E-state index is -0.247. The molecule has 3 heterocycles. The zero-order valence-electron chi connectivity index (χ0n) is 8.90. The molecule has 0 bridgehead atoms. The Hall–Kier alpha value is -1.73. The number of anilines is 1. The maximum Gasteiger partial charge on any atom is 0.278 e. The second-order valence-electron chi connectivity index (χ2n) is 3.62. The van der Waals surface area contributed by atoms with E-state index in [2.05, 4.69) is 20.5 Å². The number of aromatic nitrogens is 3. The molecule has 0 saturated heterocycles. The van der Waals surface area contributed by atoms with Gasteiger partial charge < -0.3 is 4.74 Å². The van der Waals surface area contributed by atoms with Crippen molar-refractivity contribution in [2.75, 3.05) is 11.9 Å². The van der Waals surface area contributed by atoms with Gasteiger partial charge in [0.15, 0.2) is 10.8 Å². The van der Waals surface area contributed by atoms with Gasteiger partial charge in [-0.05, 0) is 0 Å². The van der Waals surface area contributed by atoms with Crippen LogP contribution in [-0.2, 0) is 17.8 Å². The number of fused-ring (bicyclic) bond motifs is 1. The summed E-state index contributed by atoms with van der Waals surface area (Å²) in [6, 6.07) is 0. The van der Waals surface area contributed by atoms with E-state index in [0.29, 0.717) is 24.0 Å². The minimum absolute atomic E-state index is 0.247. The van der Waals surface area contributed by atoms with E-state index in [4.69, 9.17) is 4.74 Å². The van der Waals surface area contributed by atoms with Crippen LogP contribution in [0.1, 0.15) is 21.7 Å². The van der Waals surface area contributed by atoms with Gasteiger partial charge in [-0.15, -0.1) is 11.3 Å². The van der Waals surface area contributed by atoms with Crippen molar-refractivity contribution in [3.63, 3.8) is 0 Å². The van der Waals surface area contributed by atoms with E-state index >= 15 is 0 Å². The molecule has 0 fully saturated rings. The number of carbonyl (C=O) groups excluding carboxylic acids is 1. The molecule has 3 rings (SSSR count).